The zero-order chi connectivity index (χ0) is 15.7. The average molecular weight is 309 g/mol. The molecule has 0 unspecified atom stereocenters. The molecule has 0 bridgehead atoms. The molecule has 0 aliphatic rings. The van der Waals surface area contributed by atoms with Crippen LogP contribution in [0.3, 0.4) is 0 Å². The number of rotatable bonds is 8. The van der Waals surface area contributed by atoms with Crippen molar-refractivity contribution < 1.29 is 9.53 Å². The number of halogens is 1. The molecule has 1 rings (SSSR count). The summed E-state index contributed by atoms with van der Waals surface area (Å²) in [4.78, 5) is 11.8. The Hall–Kier alpha value is -1.73. The summed E-state index contributed by atoms with van der Waals surface area (Å²) in [7, 11) is 0. The Kier molecular flexibility index (Phi) is 7.63. The molecule has 0 radical (unpaired) electrons. The van der Waals surface area contributed by atoms with E-state index in [0.29, 0.717) is 16.3 Å². The molecule has 114 valence electrons. The molecule has 4 nitrogen and oxygen atoms in total. The highest BCUT2D eigenvalue weighted by atomic mass is 35.5. The minimum atomic E-state index is -0.167. The molecule has 0 aliphatic heterocycles. The van der Waals surface area contributed by atoms with Gasteiger partial charge in [-0.2, -0.15) is 5.26 Å². The van der Waals surface area contributed by atoms with Crippen LogP contribution in [0.25, 0.3) is 0 Å². The predicted molar refractivity (Wildman–Crippen MR) is 83.4 cm³/mol. The number of carbonyl (C=O) groups is 1. The van der Waals surface area contributed by atoms with Crippen molar-refractivity contribution in [3.63, 3.8) is 0 Å². The highest BCUT2D eigenvalue weighted by Gasteiger charge is 2.09. The van der Waals surface area contributed by atoms with Crippen LogP contribution in [0.2, 0.25) is 5.02 Å². The fraction of sp³-hybridized carbons (Fsp3) is 0.500. The highest BCUT2D eigenvalue weighted by molar-refractivity contribution is 6.32. The highest BCUT2D eigenvalue weighted by Crippen LogP contribution is 2.25. The van der Waals surface area contributed by atoms with E-state index in [9.17, 15) is 4.79 Å². The van der Waals surface area contributed by atoms with Crippen LogP contribution in [-0.2, 0) is 4.79 Å². The fourth-order valence-corrected chi connectivity index (χ4v) is 2.16. The average Bonchev–Trinajstić information content (AvgIpc) is 2.46. The first kappa shape index (κ1) is 17.3. The van der Waals surface area contributed by atoms with Gasteiger partial charge in [-0.3, -0.25) is 4.79 Å². The number of hydrogen-bond acceptors (Lipinski definition) is 3. The van der Waals surface area contributed by atoms with E-state index < -0.39 is 0 Å². The van der Waals surface area contributed by atoms with E-state index in [-0.39, 0.29) is 18.6 Å². The van der Waals surface area contributed by atoms with Gasteiger partial charge in [-0.15, -0.1) is 0 Å². The van der Waals surface area contributed by atoms with Crippen LogP contribution in [0.5, 0.6) is 5.75 Å². The third-order valence-electron chi connectivity index (χ3n) is 3.07. The van der Waals surface area contributed by atoms with E-state index in [4.69, 9.17) is 21.6 Å². The normalized spacial score (nSPS) is 11.5. The first-order chi connectivity index (χ1) is 10.1. The molecule has 1 aromatic carbocycles. The lowest BCUT2D eigenvalue weighted by molar-refractivity contribution is -0.123. The third kappa shape index (κ3) is 6.50. The maximum atomic E-state index is 11.8. The Labute approximate surface area is 131 Å². The van der Waals surface area contributed by atoms with Crippen LogP contribution in [0.15, 0.2) is 18.2 Å². The van der Waals surface area contributed by atoms with E-state index in [2.05, 4.69) is 12.2 Å². The van der Waals surface area contributed by atoms with Crippen LogP contribution in [-0.4, -0.2) is 18.6 Å². The van der Waals surface area contributed by atoms with Crippen molar-refractivity contribution in [1.29, 1.82) is 5.26 Å². The number of amides is 1. The number of benzene rings is 1. The van der Waals surface area contributed by atoms with Crippen LogP contribution < -0.4 is 10.1 Å². The number of ether oxygens (including phenoxy) is 1. The van der Waals surface area contributed by atoms with Gasteiger partial charge in [0.15, 0.2) is 6.61 Å². The van der Waals surface area contributed by atoms with Gasteiger partial charge in [0.2, 0.25) is 0 Å². The van der Waals surface area contributed by atoms with Crippen molar-refractivity contribution in [2.24, 2.45) is 0 Å². The molecule has 21 heavy (non-hydrogen) atoms. The molecule has 5 heteroatoms. The zero-order valence-electron chi connectivity index (χ0n) is 12.5. The van der Waals surface area contributed by atoms with Gasteiger partial charge in [-0.1, -0.05) is 37.8 Å². The first-order valence-corrected chi connectivity index (χ1v) is 7.56. The monoisotopic (exact) mass is 308 g/mol. The van der Waals surface area contributed by atoms with Gasteiger partial charge in [0.05, 0.1) is 16.7 Å². The summed E-state index contributed by atoms with van der Waals surface area (Å²) >= 11 is 5.97. The van der Waals surface area contributed by atoms with Crippen LogP contribution >= 0.6 is 11.6 Å². The number of nitrogens with one attached hydrogen (secondary N) is 1. The summed E-state index contributed by atoms with van der Waals surface area (Å²) in [6.07, 6.45) is 4.43. The van der Waals surface area contributed by atoms with Gasteiger partial charge in [0.25, 0.3) is 5.91 Å². The molecule has 0 saturated carbocycles. The summed E-state index contributed by atoms with van der Waals surface area (Å²) in [5.41, 5.74) is 0.460. The Bertz CT molecular complexity index is 511. The van der Waals surface area contributed by atoms with Gasteiger partial charge in [-0.25, -0.2) is 0 Å². The number of nitrogens with zero attached hydrogens (tertiary/aromatic N) is 1. The summed E-state index contributed by atoms with van der Waals surface area (Å²) in [6, 6.07) is 6.85. The molecule has 0 spiro atoms. The second kappa shape index (κ2) is 9.25. The number of unbranched alkanes of at least 4 members (excludes halogenated alkanes) is 2. The van der Waals surface area contributed by atoms with Crippen LogP contribution in [0, 0.1) is 11.3 Å². The van der Waals surface area contributed by atoms with Crippen molar-refractivity contribution in [3.05, 3.63) is 28.8 Å². The Morgan fingerprint density at radius 3 is 2.86 bits per heavy atom. The van der Waals surface area contributed by atoms with Crippen molar-refractivity contribution in [2.45, 2.75) is 45.6 Å². The molecule has 0 saturated heterocycles. The molecular formula is C16H21ClN2O2. The quantitative estimate of drug-likeness (QED) is 0.745. The van der Waals surface area contributed by atoms with Gasteiger partial charge in [0, 0.05) is 6.04 Å². The van der Waals surface area contributed by atoms with Gasteiger partial charge in [-0.05, 0) is 31.5 Å². The van der Waals surface area contributed by atoms with E-state index in [0.717, 1.165) is 12.8 Å². The summed E-state index contributed by atoms with van der Waals surface area (Å²) < 4.78 is 5.37. The molecule has 0 aliphatic carbocycles. The molecule has 1 aromatic rings. The Balaban J connectivity index is 2.38. The lowest BCUT2D eigenvalue weighted by atomic mass is 10.1. The fourth-order valence-electron chi connectivity index (χ4n) is 1.92. The van der Waals surface area contributed by atoms with E-state index >= 15 is 0 Å². The molecular weight excluding hydrogens is 288 g/mol. The van der Waals surface area contributed by atoms with Gasteiger partial charge < -0.3 is 10.1 Å². The summed E-state index contributed by atoms with van der Waals surface area (Å²) in [6.45, 7) is 4.06. The van der Waals surface area contributed by atoms with Crippen LogP contribution in [0.1, 0.15) is 45.1 Å². The molecule has 0 aromatic heterocycles. The Morgan fingerprint density at radius 1 is 1.48 bits per heavy atom. The first-order valence-electron chi connectivity index (χ1n) is 7.18. The maximum Gasteiger partial charge on any atom is 0.258 e. The smallest absolute Gasteiger partial charge is 0.258 e. The molecule has 1 amide bonds. The minimum Gasteiger partial charge on any atom is -0.482 e. The van der Waals surface area contributed by atoms with Gasteiger partial charge >= 0.3 is 0 Å². The lowest BCUT2D eigenvalue weighted by Gasteiger charge is -2.14. The number of carbonyl (C=O) groups excluding carboxylic acids is 1. The molecule has 0 fully saturated rings. The second-order valence-electron chi connectivity index (χ2n) is 5.01. The molecule has 0 heterocycles. The molecule has 1 N–H and O–H groups in total. The number of hydrogen-bond donors (Lipinski definition) is 1. The van der Waals surface area contributed by atoms with E-state index in [1.165, 1.54) is 18.9 Å². The lowest BCUT2D eigenvalue weighted by Crippen LogP contribution is -2.36. The van der Waals surface area contributed by atoms with E-state index in [1.807, 2.05) is 13.0 Å². The number of nitriles is 1. The second-order valence-corrected chi connectivity index (χ2v) is 5.42. The molecule has 1 atom stereocenters. The van der Waals surface area contributed by atoms with Crippen molar-refractivity contribution in [2.75, 3.05) is 6.61 Å². The summed E-state index contributed by atoms with van der Waals surface area (Å²) in [5, 5.41) is 12.0. The largest absolute Gasteiger partial charge is 0.482 e. The zero-order valence-corrected chi connectivity index (χ0v) is 13.2. The maximum absolute atomic E-state index is 11.8. The van der Waals surface area contributed by atoms with Crippen molar-refractivity contribution >= 4 is 17.5 Å². The topological polar surface area (TPSA) is 62.1 Å². The minimum absolute atomic E-state index is 0.0796. The standard InChI is InChI=1S/C16H21ClN2O2/c1-3-4-5-6-12(2)19-16(20)11-21-15-8-7-13(10-18)9-14(15)17/h7-9,12H,3-6,11H2,1-2H3,(H,19,20)/t12-/m1/s1. The summed E-state index contributed by atoms with van der Waals surface area (Å²) in [5.74, 6) is 0.240. The predicted octanol–water partition coefficient (Wildman–Crippen LogP) is 3.68. The van der Waals surface area contributed by atoms with Crippen molar-refractivity contribution in [1.82, 2.24) is 5.32 Å². The van der Waals surface area contributed by atoms with Crippen molar-refractivity contribution in [3.8, 4) is 11.8 Å². The van der Waals surface area contributed by atoms with E-state index in [1.54, 1.807) is 12.1 Å². The Morgan fingerprint density at radius 2 is 2.24 bits per heavy atom. The van der Waals surface area contributed by atoms with Crippen LogP contribution in [0.4, 0.5) is 0 Å². The van der Waals surface area contributed by atoms with Gasteiger partial charge in [0.1, 0.15) is 5.75 Å². The third-order valence-corrected chi connectivity index (χ3v) is 3.36. The SMILES string of the molecule is CCCCC[C@@H](C)NC(=O)COc1ccc(C#N)cc1Cl.